The summed E-state index contributed by atoms with van der Waals surface area (Å²) in [6.45, 7) is 1.20. The van der Waals surface area contributed by atoms with E-state index in [9.17, 15) is 9.59 Å². The molecule has 0 bridgehead atoms. The first kappa shape index (κ1) is 25.2. The van der Waals surface area contributed by atoms with Gasteiger partial charge in [-0.25, -0.2) is 9.67 Å². The van der Waals surface area contributed by atoms with E-state index in [1.165, 1.54) is 5.56 Å². The summed E-state index contributed by atoms with van der Waals surface area (Å²) >= 11 is 0. The fraction of sp³-hybridized carbons (Fsp3) is 0.267. The number of aromatic nitrogens is 3. The minimum atomic E-state index is -0.553. The standard InChI is InChI=1S/C30H30N4O4/c31-29(36)27-7-4-13-32-30(27)34-14-12-28(33-34)22-5-3-6-26(19-22)38-16-2-1-15-37-25-10-8-21(9-11-25)17-23-18-24(23)20-35/h3-14,19-20,23-24H,1-2,15-18H2,(H2,31,36)/t23?,24-/m1/s1. The molecule has 38 heavy (non-hydrogen) atoms. The zero-order valence-corrected chi connectivity index (χ0v) is 21.0. The summed E-state index contributed by atoms with van der Waals surface area (Å²) < 4.78 is 13.4. The number of unbranched alkanes of at least 4 members (excludes halogenated alkanes) is 1. The van der Waals surface area contributed by atoms with E-state index in [4.69, 9.17) is 15.2 Å². The van der Waals surface area contributed by atoms with Crippen LogP contribution in [0.3, 0.4) is 0 Å². The van der Waals surface area contributed by atoms with Gasteiger partial charge in [-0.05, 0) is 79.6 Å². The molecule has 1 saturated carbocycles. The zero-order chi connectivity index (χ0) is 26.3. The van der Waals surface area contributed by atoms with Crippen molar-refractivity contribution in [3.8, 4) is 28.6 Å². The molecule has 0 radical (unpaired) electrons. The van der Waals surface area contributed by atoms with Crippen LogP contribution in [0.15, 0.2) is 79.1 Å². The molecule has 2 atom stereocenters. The highest BCUT2D eigenvalue weighted by Crippen LogP contribution is 2.39. The van der Waals surface area contributed by atoms with Crippen LogP contribution < -0.4 is 15.2 Å². The molecule has 0 saturated heterocycles. The molecule has 8 nitrogen and oxygen atoms in total. The van der Waals surface area contributed by atoms with Crippen molar-refractivity contribution in [3.05, 3.63) is 90.3 Å². The van der Waals surface area contributed by atoms with Gasteiger partial charge < -0.3 is 20.0 Å². The molecule has 5 rings (SSSR count). The largest absolute Gasteiger partial charge is 0.494 e. The summed E-state index contributed by atoms with van der Waals surface area (Å²) in [4.78, 5) is 26.8. The van der Waals surface area contributed by atoms with Crippen LogP contribution in [-0.4, -0.2) is 40.2 Å². The maximum Gasteiger partial charge on any atom is 0.252 e. The van der Waals surface area contributed by atoms with Gasteiger partial charge in [-0.2, -0.15) is 5.10 Å². The number of hydrogen-bond donors (Lipinski definition) is 1. The molecule has 2 heterocycles. The van der Waals surface area contributed by atoms with E-state index in [-0.39, 0.29) is 5.92 Å². The van der Waals surface area contributed by atoms with E-state index in [0.29, 0.717) is 30.5 Å². The molecule has 1 aliphatic rings. The summed E-state index contributed by atoms with van der Waals surface area (Å²) in [6, 6.07) is 21.1. The Balaban J connectivity index is 1.07. The van der Waals surface area contributed by atoms with Crippen LogP contribution in [0.1, 0.15) is 35.2 Å². The molecule has 1 fully saturated rings. The first-order chi connectivity index (χ1) is 18.6. The average molecular weight is 511 g/mol. The summed E-state index contributed by atoms with van der Waals surface area (Å²) in [7, 11) is 0. The monoisotopic (exact) mass is 510 g/mol. The van der Waals surface area contributed by atoms with E-state index < -0.39 is 5.91 Å². The predicted molar refractivity (Wildman–Crippen MR) is 143 cm³/mol. The van der Waals surface area contributed by atoms with Crippen molar-refractivity contribution in [3.63, 3.8) is 0 Å². The van der Waals surface area contributed by atoms with Gasteiger partial charge in [-0.3, -0.25) is 4.79 Å². The van der Waals surface area contributed by atoms with E-state index in [1.54, 1.807) is 29.2 Å². The Hall–Kier alpha value is -4.46. The first-order valence-electron chi connectivity index (χ1n) is 12.8. The molecule has 0 spiro atoms. The number of hydrogen-bond acceptors (Lipinski definition) is 6. The third kappa shape index (κ3) is 6.26. The van der Waals surface area contributed by atoms with Crippen molar-refractivity contribution in [2.75, 3.05) is 13.2 Å². The third-order valence-electron chi connectivity index (χ3n) is 6.64. The number of carbonyl (C=O) groups is 2. The van der Waals surface area contributed by atoms with Crippen LogP contribution in [0.2, 0.25) is 0 Å². The maximum absolute atomic E-state index is 11.7. The first-order valence-corrected chi connectivity index (χ1v) is 12.8. The van der Waals surface area contributed by atoms with Crippen molar-refractivity contribution < 1.29 is 19.1 Å². The van der Waals surface area contributed by atoms with Crippen LogP contribution in [0.5, 0.6) is 11.5 Å². The molecule has 1 unspecified atom stereocenters. The van der Waals surface area contributed by atoms with Gasteiger partial charge in [0.1, 0.15) is 17.8 Å². The number of primary amides is 1. The molecule has 1 aliphatic carbocycles. The van der Waals surface area contributed by atoms with E-state index in [1.807, 2.05) is 42.5 Å². The molecule has 194 valence electrons. The number of amides is 1. The lowest BCUT2D eigenvalue weighted by Gasteiger charge is -2.09. The lowest BCUT2D eigenvalue weighted by molar-refractivity contribution is -0.109. The Bertz CT molecular complexity index is 1400. The Morgan fingerprint density at radius 3 is 2.53 bits per heavy atom. The highest BCUT2D eigenvalue weighted by Gasteiger charge is 2.36. The Labute approximate surface area is 221 Å². The van der Waals surface area contributed by atoms with Crippen molar-refractivity contribution in [2.45, 2.75) is 25.7 Å². The molecule has 2 aromatic heterocycles. The molecular weight excluding hydrogens is 480 g/mol. The molecule has 8 heteroatoms. The second kappa shape index (κ2) is 11.7. The Kier molecular flexibility index (Phi) is 7.78. The third-order valence-corrected chi connectivity index (χ3v) is 6.64. The fourth-order valence-corrected chi connectivity index (χ4v) is 4.39. The van der Waals surface area contributed by atoms with Gasteiger partial charge in [0, 0.05) is 23.9 Å². The van der Waals surface area contributed by atoms with E-state index in [2.05, 4.69) is 22.2 Å². The van der Waals surface area contributed by atoms with Crippen molar-refractivity contribution in [1.82, 2.24) is 14.8 Å². The number of benzene rings is 2. The molecular formula is C30H30N4O4. The number of ether oxygens (including phenoxy) is 2. The van der Waals surface area contributed by atoms with Gasteiger partial charge in [0.05, 0.1) is 24.5 Å². The van der Waals surface area contributed by atoms with Crippen LogP contribution in [0, 0.1) is 11.8 Å². The van der Waals surface area contributed by atoms with Crippen molar-refractivity contribution in [1.29, 1.82) is 0 Å². The van der Waals surface area contributed by atoms with Gasteiger partial charge in [-0.15, -0.1) is 0 Å². The average Bonchev–Trinajstić information content (AvgIpc) is 3.51. The van der Waals surface area contributed by atoms with Crippen LogP contribution >= 0.6 is 0 Å². The number of aldehydes is 1. The van der Waals surface area contributed by atoms with E-state index in [0.717, 1.165) is 54.7 Å². The summed E-state index contributed by atoms with van der Waals surface area (Å²) in [5, 5.41) is 4.57. The lowest BCUT2D eigenvalue weighted by Crippen LogP contribution is -2.15. The van der Waals surface area contributed by atoms with Crippen LogP contribution in [0.4, 0.5) is 0 Å². The topological polar surface area (TPSA) is 109 Å². The number of nitrogens with zero attached hydrogens (tertiary/aromatic N) is 3. The molecule has 4 aromatic rings. The van der Waals surface area contributed by atoms with Gasteiger partial charge in [0.15, 0.2) is 5.82 Å². The minimum absolute atomic E-state index is 0.254. The van der Waals surface area contributed by atoms with Gasteiger partial charge in [-0.1, -0.05) is 24.3 Å². The predicted octanol–water partition coefficient (Wildman–Crippen LogP) is 4.65. The second-order valence-electron chi connectivity index (χ2n) is 9.46. The zero-order valence-electron chi connectivity index (χ0n) is 21.0. The lowest BCUT2D eigenvalue weighted by atomic mass is 10.1. The van der Waals surface area contributed by atoms with Gasteiger partial charge >= 0.3 is 0 Å². The van der Waals surface area contributed by atoms with Crippen molar-refractivity contribution in [2.24, 2.45) is 17.6 Å². The Morgan fingerprint density at radius 1 is 1.00 bits per heavy atom. The number of carbonyl (C=O) groups excluding carboxylic acids is 2. The Morgan fingerprint density at radius 2 is 1.79 bits per heavy atom. The summed E-state index contributed by atoms with van der Waals surface area (Å²) in [5.74, 6) is 2.23. The normalized spacial score (nSPS) is 16.1. The number of rotatable bonds is 13. The number of pyridine rings is 1. The summed E-state index contributed by atoms with van der Waals surface area (Å²) in [6.07, 6.45) is 8.14. The van der Waals surface area contributed by atoms with Crippen LogP contribution in [0.25, 0.3) is 17.1 Å². The molecule has 2 N–H and O–H groups in total. The second-order valence-corrected chi connectivity index (χ2v) is 9.46. The smallest absolute Gasteiger partial charge is 0.252 e. The highest BCUT2D eigenvalue weighted by atomic mass is 16.5. The summed E-state index contributed by atoms with van der Waals surface area (Å²) in [5.41, 5.74) is 8.66. The fourth-order valence-electron chi connectivity index (χ4n) is 4.39. The quantitative estimate of drug-likeness (QED) is 0.207. The van der Waals surface area contributed by atoms with Gasteiger partial charge in [0.25, 0.3) is 5.91 Å². The molecule has 0 aliphatic heterocycles. The SMILES string of the molecule is NC(=O)c1cccnc1-n1ccc(-c2cccc(OCCCCOc3ccc(CC4C[C@@H]4C=O)cc3)c2)n1. The maximum atomic E-state index is 11.7. The van der Waals surface area contributed by atoms with E-state index >= 15 is 0 Å². The minimum Gasteiger partial charge on any atom is -0.494 e. The van der Waals surface area contributed by atoms with Crippen molar-refractivity contribution >= 4 is 12.2 Å². The molecule has 2 aromatic carbocycles. The van der Waals surface area contributed by atoms with Crippen LogP contribution in [-0.2, 0) is 11.2 Å². The number of nitrogens with two attached hydrogens (primary N) is 1. The molecule has 1 amide bonds. The highest BCUT2D eigenvalue weighted by molar-refractivity contribution is 5.95. The van der Waals surface area contributed by atoms with Gasteiger partial charge in [0.2, 0.25) is 0 Å².